The predicted molar refractivity (Wildman–Crippen MR) is 67.8 cm³/mol. The molecule has 2 unspecified atom stereocenters. The molecule has 1 aromatic carbocycles. The summed E-state index contributed by atoms with van der Waals surface area (Å²) in [6.45, 7) is 3.72. The second-order valence-corrected chi connectivity index (χ2v) is 5.95. The third-order valence-corrected chi connectivity index (χ3v) is 4.81. The Morgan fingerprint density at radius 3 is 2.75 bits per heavy atom. The summed E-state index contributed by atoms with van der Waals surface area (Å²) >= 11 is 2.60. The Kier molecular flexibility index (Phi) is 3.32. The molecule has 16 heavy (non-hydrogen) atoms. The molecule has 1 fully saturated rings. The summed E-state index contributed by atoms with van der Waals surface area (Å²) in [6, 6.07) is 10.1. The molecule has 1 aliphatic rings. The molecule has 0 saturated heterocycles. The van der Waals surface area contributed by atoms with E-state index < -0.39 is 0 Å². The summed E-state index contributed by atoms with van der Waals surface area (Å²) in [5, 5.41) is 0. The summed E-state index contributed by atoms with van der Waals surface area (Å²) in [6.07, 6.45) is 4.58. The van der Waals surface area contributed by atoms with Gasteiger partial charge in [0.2, 0.25) is 0 Å². The van der Waals surface area contributed by atoms with E-state index in [2.05, 4.69) is 22.6 Å². The van der Waals surface area contributed by atoms with Gasteiger partial charge in [-0.05, 0) is 0 Å². The third kappa shape index (κ3) is 1.88. The maximum atomic E-state index is 12.4. The summed E-state index contributed by atoms with van der Waals surface area (Å²) in [5.74, 6) is 0.527. The number of carbonyl (C=O) groups excluding carboxylic acids is 1. The van der Waals surface area contributed by atoms with Crippen molar-refractivity contribution in [3.8, 4) is 0 Å². The fourth-order valence-electron chi connectivity index (χ4n) is 2.40. The van der Waals surface area contributed by atoms with E-state index in [0.29, 0.717) is 5.78 Å². The minimum absolute atomic E-state index is 0.167. The van der Waals surface area contributed by atoms with Crippen LogP contribution in [0.3, 0.4) is 0 Å². The molecule has 2 atom stereocenters. The second-order valence-electron chi connectivity index (χ2n) is 4.35. The number of carbonyl (C=O) groups is 1. The molecular weight excluding hydrogens is 263 g/mol. The molecule has 0 radical (unpaired) electrons. The van der Waals surface area contributed by atoms with Gasteiger partial charge in [-0.25, -0.2) is 0 Å². The fraction of sp³-hybridized carbons (Fsp3) is 0.357. The third-order valence-electron chi connectivity index (χ3n) is 3.34. The zero-order chi connectivity index (χ0) is 11.6. The van der Waals surface area contributed by atoms with Gasteiger partial charge >= 0.3 is 105 Å². The van der Waals surface area contributed by atoms with Gasteiger partial charge in [-0.2, -0.15) is 0 Å². The zero-order valence-electron chi connectivity index (χ0n) is 9.23. The molecule has 0 amide bonds. The molecule has 2 heteroatoms. The minimum atomic E-state index is -0.331. The van der Waals surface area contributed by atoms with Crippen LogP contribution in [0.4, 0.5) is 0 Å². The Labute approximate surface area is 105 Å². The average Bonchev–Trinajstić information content (AvgIpc) is 2.61. The van der Waals surface area contributed by atoms with Crippen molar-refractivity contribution in [3.63, 3.8) is 0 Å². The van der Waals surface area contributed by atoms with Crippen molar-refractivity contribution in [2.24, 2.45) is 5.92 Å². The van der Waals surface area contributed by atoms with Gasteiger partial charge in [0.25, 0.3) is 0 Å². The van der Waals surface area contributed by atoms with Crippen LogP contribution in [-0.4, -0.2) is 21.8 Å². The molecule has 1 aromatic rings. The number of benzene rings is 1. The van der Waals surface area contributed by atoms with Crippen molar-refractivity contribution < 1.29 is 4.79 Å². The first kappa shape index (κ1) is 11.6. The maximum absolute atomic E-state index is 12.4. The fourth-order valence-corrected chi connectivity index (χ4v) is 3.37. The van der Waals surface area contributed by atoms with Crippen molar-refractivity contribution in [1.29, 1.82) is 0 Å². The first-order valence-electron chi connectivity index (χ1n) is 5.61. The summed E-state index contributed by atoms with van der Waals surface area (Å²) < 4.78 is -0.331. The van der Waals surface area contributed by atoms with E-state index in [9.17, 15) is 4.79 Å². The molecule has 0 N–H and O–H groups in total. The van der Waals surface area contributed by atoms with Gasteiger partial charge in [-0.1, -0.05) is 0 Å². The van der Waals surface area contributed by atoms with E-state index in [1.807, 2.05) is 36.4 Å². The van der Waals surface area contributed by atoms with E-state index >= 15 is 0 Å². The van der Waals surface area contributed by atoms with Crippen molar-refractivity contribution in [1.82, 2.24) is 0 Å². The van der Waals surface area contributed by atoms with E-state index in [0.717, 1.165) is 24.8 Å². The van der Waals surface area contributed by atoms with Crippen LogP contribution in [-0.2, 0) is 9.11 Å². The van der Waals surface area contributed by atoms with Crippen LogP contribution in [0.1, 0.15) is 24.8 Å². The SMILES string of the molecule is C=CCC1CCC([SeH])(c2ccccc2)C1=O. The monoisotopic (exact) mass is 280 g/mol. The Bertz CT molecular complexity index is 398. The number of rotatable bonds is 3. The van der Waals surface area contributed by atoms with Crippen LogP contribution in [0, 0.1) is 5.92 Å². The summed E-state index contributed by atoms with van der Waals surface area (Å²) in [7, 11) is 0. The van der Waals surface area contributed by atoms with Crippen LogP contribution in [0.15, 0.2) is 43.0 Å². The first-order valence-corrected chi connectivity index (χ1v) is 6.55. The van der Waals surface area contributed by atoms with E-state index in [1.165, 1.54) is 0 Å². The van der Waals surface area contributed by atoms with Crippen LogP contribution >= 0.6 is 0 Å². The van der Waals surface area contributed by atoms with E-state index in [-0.39, 0.29) is 10.2 Å². The Morgan fingerprint density at radius 2 is 2.12 bits per heavy atom. The predicted octanol–water partition coefficient (Wildman–Crippen LogP) is 2.34. The van der Waals surface area contributed by atoms with E-state index in [4.69, 9.17) is 0 Å². The molecule has 1 aliphatic carbocycles. The molecule has 0 aromatic heterocycles. The molecule has 0 heterocycles. The standard InChI is InChI=1S/C14H16OSe/c1-2-6-11-9-10-14(16,13(11)15)12-7-4-3-5-8-12/h2-5,7-8,11,16H,1,6,9-10H2. The van der Waals surface area contributed by atoms with Crippen molar-refractivity contribution in [2.75, 3.05) is 0 Å². The quantitative estimate of drug-likeness (QED) is 0.613. The molecular formula is C14H16OSe. The number of hydrogen-bond acceptors (Lipinski definition) is 1. The van der Waals surface area contributed by atoms with Crippen LogP contribution < -0.4 is 0 Å². The van der Waals surface area contributed by atoms with Gasteiger partial charge in [0.15, 0.2) is 0 Å². The van der Waals surface area contributed by atoms with Crippen molar-refractivity contribution >= 4 is 21.8 Å². The van der Waals surface area contributed by atoms with Crippen LogP contribution in [0.25, 0.3) is 0 Å². The Morgan fingerprint density at radius 1 is 1.44 bits per heavy atom. The number of hydrogen-bond donors (Lipinski definition) is 0. The molecule has 1 saturated carbocycles. The molecule has 2 rings (SSSR count). The Hall–Kier alpha value is -0.851. The van der Waals surface area contributed by atoms with E-state index in [1.54, 1.807) is 0 Å². The Balaban J connectivity index is 2.28. The number of ketones is 1. The van der Waals surface area contributed by atoms with Gasteiger partial charge in [0.05, 0.1) is 0 Å². The molecule has 1 nitrogen and oxygen atoms in total. The first-order chi connectivity index (χ1) is 7.68. The van der Waals surface area contributed by atoms with Crippen molar-refractivity contribution in [2.45, 2.75) is 23.6 Å². The van der Waals surface area contributed by atoms with Crippen LogP contribution in [0.5, 0.6) is 0 Å². The van der Waals surface area contributed by atoms with Gasteiger partial charge in [-0.15, -0.1) is 0 Å². The summed E-state index contributed by atoms with van der Waals surface area (Å²) in [5.41, 5.74) is 1.13. The van der Waals surface area contributed by atoms with Gasteiger partial charge in [0, 0.05) is 0 Å². The number of allylic oxidation sites excluding steroid dienone is 1. The molecule has 0 bridgehead atoms. The molecule has 0 aliphatic heterocycles. The average molecular weight is 279 g/mol. The number of Topliss-reactive ketones (excluding diaryl/α,β-unsaturated/α-hetero) is 1. The van der Waals surface area contributed by atoms with Gasteiger partial charge in [-0.3, -0.25) is 0 Å². The summed E-state index contributed by atoms with van der Waals surface area (Å²) in [4.78, 5) is 12.4. The molecule has 84 valence electrons. The van der Waals surface area contributed by atoms with Gasteiger partial charge in [0.1, 0.15) is 0 Å². The topological polar surface area (TPSA) is 17.1 Å². The second kappa shape index (κ2) is 4.57. The van der Waals surface area contributed by atoms with Gasteiger partial charge < -0.3 is 0 Å². The molecule has 0 spiro atoms. The van der Waals surface area contributed by atoms with Crippen molar-refractivity contribution in [3.05, 3.63) is 48.6 Å². The zero-order valence-corrected chi connectivity index (χ0v) is 11.1. The normalized spacial score (nSPS) is 29.3. The van der Waals surface area contributed by atoms with Crippen LogP contribution in [0.2, 0.25) is 0 Å².